The predicted octanol–water partition coefficient (Wildman–Crippen LogP) is -0.422. The molecule has 1 saturated heterocycles. The van der Waals surface area contributed by atoms with Crippen molar-refractivity contribution in [2.75, 3.05) is 31.9 Å². The van der Waals surface area contributed by atoms with Crippen LogP contribution in [-0.2, 0) is 4.79 Å². The molecule has 1 aliphatic heterocycles. The Morgan fingerprint density at radius 2 is 2.06 bits per heavy atom. The third-order valence-corrected chi connectivity index (χ3v) is 2.82. The molecule has 90 valence electrons. The summed E-state index contributed by atoms with van der Waals surface area (Å²) in [6, 6.07) is 3.35. The monoisotopic (exact) mass is 234 g/mol. The molecular formula is C11H14N4O2. The number of hydrogen-bond acceptors (Lipinski definition) is 4. The van der Waals surface area contributed by atoms with Gasteiger partial charge in [0.05, 0.1) is 5.56 Å². The number of pyridine rings is 1. The zero-order chi connectivity index (χ0) is 12.3. The number of rotatable bonds is 2. The molecule has 6 heteroatoms. The van der Waals surface area contributed by atoms with E-state index in [4.69, 9.17) is 5.73 Å². The lowest BCUT2D eigenvalue weighted by Crippen LogP contribution is -2.48. The van der Waals surface area contributed by atoms with Gasteiger partial charge in [-0.25, -0.2) is 4.98 Å². The number of aromatic nitrogens is 1. The van der Waals surface area contributed by atoms with E-state index in [9.17, 15) is 9.59 Å². The molecule has 2 N–H and O–H groups in total. The van der Waals surface area contributed by atoms with Crippen LogP contribution < -0.4 is 5.73 Å². The highest BCUT2D eigenvalue weighted by atomic mass is 16.2. The van der Waals surface area contributed by atoms with E-state index in [-0.39, 0.29) is 11.7 Å². The molecule has 0 radical (unpaired) electrons. The van der Waals surface area contributed by atoms with Crippen molar-refractivity contribution < 1.29 is 9.59 Å². The summed E-state index contributed by atoms with van der Waals surface area (Å²) in [4.78, 5) is 29.9. The molecule has 0 saturated carbocycles. The first kappa shape index (κ1) is 11.4. The normalized spacial score (nSPS) is 15.8. The van der Waals surface area contributed by atoms with E-state index in [2.05, 4.69) is 4.98 Å². The second-order valence-electron chi connectivity index (χ2n) is 3.87. The van der Waals surface area contributed by atoms with Crippen molar-refractivity contribution in [2.24, 2.45) is 0 Å². The zero-order valence-electron chi connectivity index (χ0n) is 9.37. The standard InChI is InChI=1S/C11H14N4O2/c12-10-9(2-1-3-13-10)11(17)15-6-4-14(8-16)5-7-15/h1-3,8H,4-7H2,(H2,12,13). The van der Waals surface area contributed by atoms with Crippen LogP contribution in [-0.4, -0.2) is 53.3 Å². The van der Waals surface area contributed by atoms with Gasteiger partial charge in [-0.15, -0.1) is 0 Å². The van der Waals surface area contributed by atoms with Crippen molar-refractivity contribution in [3.05, 3.63) is 23.9 Å². The third-order valence-electron chi connectivity index (χ3n) is 2.82. The first-order valence-corrected chi connectivity index (χ1v) is 5.41. The van der Waals surface area contributed by atoms with Crippen LogP contribution in [0.25, 0.3) is 0 Å². The minimum Gasteiger partial charge on any atom is -0.383 e. The first-order chi connectivity index (χ1) is 8.22. The number of piperazine rings is 1. The van der Waals surface area contributed by atoms with Gasteiger partial charge in [0.25, 0.3) is 5.91 Å². The summed E-state index contributed by atoms with van der Waals surface area (Å²) in [6.45, 7) is 2.20. The number of carbonyl (C=O) groups excluding carboxylic acids is 2. The quantitative estimate of drug-likeness (QED) is 0.705. The summed E-state index contributed by atoms with van der Waals surface area (Å²) in [5, 5.41) is 0. The Kier molecular flexibility index (Phi) is 3.22. The topological polar surface area (TPSA) is 79.5 Å². The molecule has 17 heavy (non-hydrogen) atoms. The molecule has 0 atom stereocenters. The van der Waals surface area contributed by atoms with E-state index in [1.165, 1.54) is 0 Å². The fraction of sp³-hybridized carbons (Fsp3) is 0.364. The summed E-state index contributed by atoms with van der Waals surface area (Å²) in [7, 11) is 0. The Morgan fingerprint density at radius 1 is 1.35 bits per heavy atom. The lowest BCUT2D eigenvalue weighted by molar-refractivity contribution is -0.119. The average Bonchev–Trinajstić information content (AvgIpc) is 2.39. The van der Waals surface area contributed by atoms with Crippen LogP contribution in [0.5, 0.6) is 0 Å². The average molecular weight is 234 g/mol. The third kappa shape index (κ3) is 2.35. The summed E-state index contributed by atoms with van der Waals surface area (Å²) >= 11 is 0. The molecule has 1 fully saturated rings. The highest BCUT2D eigenvalue weighted by molar-refractivity contribution is 5.98. The van der Waals surface area contributed by atoms with Crippen LogP contribution in [0.15, 0.2) is 18.3 Å². The molecule has 1 aromatic rings. The molecule has 0 aromatic carbocycles. The second kappa shape index (κ2) is 4.82. The van der Waals surface area contributed by atoms with Crippen LogP contribution in [0.4, 0.5) is 5.82 Å². The molecular weight excluding hydrogens is 220 g/mol. The van der Waals surface area contributed by atoms with Crippen molar-refractivity contribution in [1.29, 1.82) is 0 Å². The maximum Gasteiger partial charge on any atom is 0.257 e. The minimum atomic E-state index is -0.124. The van der Waals surface area contributed by atoms with Gasteiger partial charge in [0.1, 0.15) is 5.82 Å². The van der Waals surface area contributed by atoms with E-state index >= 15 is 0 Å². The Morgan fingerprint density at radius 3 is 2.65 bits per heavy atom. The summed E-state index contributed by atoms with van der Waals surface area (Å²) < 4.78 is 0. The number of nitrogens with zero attached hydrogens (tertiary/aromatic N) is 3. The zero-order valence-corrected chi connectivity index (χ0v) is 9.37. The predicted molar refractivity (Wildman–Crippen MR) is 62.2 cm³/mol. The van der Waals surface area contributed by atoms with Crippen molar-refractivity contribution in [3.8, 4) is 0 Å². The van der Waals surface area contributed by atoms with Crippen LogP contribution in [0.3, 0.4) is 0 Å². The van der Waals surface area contributed by atoms with E-state index in [0.717, 1.165) is 6.41 Å². The molecule has 0 spiro atoms. The maximum absolute atomic E-state index is 12.1. The van der Waals surface area contributed by atoms with E-state index in [1.807, 2.05) is 0 Å². The summed E-state index contributed by atoms with van der Waals surface area (Å²) in [6.07, 6.45) is 2.36. The first-order valence-electron chi connectivity index (χ1n) is 5.41. The van der Waals surface area contributed by atoms with Gasteiger partial charge in [-0.2, -0.15) is 0 Å². The molecule has 0 unspecified atom stereocenters. The maximum atomic E-state index is 12.1. The van der Waals surface area contributed by atoms with Crippen LogP contribution >= 0.6 is 0 Å². The minimum absolute atomic E-state index is 0.124. The van der Waals surface area contributed by atoms with Crippen LogP contribution in [0.2, 0.25) is 0 Å². The number of anilines is 1. The fourth-order valence-electron chi connectivity index (χ4n) is 1.80. The van der Waals surface area contributed by atoms with Crippen molar-refractivity contribution in [2.45, 2.75) is 0 Å². The Labute approximate surface area is 99.0 Å². The van der Waals surface area contributed by atoms with Crippen LogP contribution in [0, 0.1) is 0 Å². The van der Waals surface area contributed by atoms with Crippen molar-refractivity contribution in [1.82, 2.24) is 14.8 Å². The highest BCUT2D eigenvalue weighted by Gasteiger charge is 2.22. The van der Waals surface area contributed by atoms with Gasteiger partial charge in [0.2, 0.25) is 6.41 Å². The van der Waals surface area contributed by atoms with E-state index in [1.54, 1.807) is 28.1 Å². The van der Waals surface area contributed by atoms with Gasteiger partial charge < -0.3 is 15.5 Å². The molecule has 2 heterocycles. The number of nitrogens with two attached hydrogens (primary N) is 1. The van der Waals surface area contributed by atoms with Crippen molar-refractivity contribution >= 4 is 18.1 Å². The lowest BCUT2D eigenvalue weighted by atomic mass is 10.2. The molecule has 2 rings (SSSR count). The molecule has 1 aromatic heterocycles. The molecule has 0 aliphatic carbocycles. The lowest BCUT2D eigenvalue weighted by Gasteiger charge is -2.32. The largest absolute Gasteiger partial charge is 0.383 e. The summed E-state index contributed by atoms with van der Waals surface area (Å²) in [5.41, 5.74) is 6.08. The van der Waals surface area contributed by atoms with Gasteiger partial charge in [-0.05, 0) is 12.1 Å². The number of nitrogen functional groups attached to an aromatic ring is 1. The Balaban J connectivity index is 2.07. The fourth-order valence-corrected chi connectivity index (χ4v) is 1.80. The van der Waals surface area contributed by atoms with E-state index < -0.39 is 0 Å². The number of carbonyl (C=O) groups is 2. The highest BCUT2D eigenvalue weighted by Crippen LogP contribution is 2.12. The van der Waals surface area contributed by atoms with Gasteiger partial charge in [-0.1, -0.05) is 0 Å². The molecule has 6 nitrogen and oxygen atoms in total. The van der Waals surface area contributed by atoms with E-state index in [0.29, 0.717) is 31.7 Å². The number of amides is 2. The Hall–Kier alpha value is -2.11. The van der Waals surface area contributed by atoms with Gasteiger partial charge >= 0.3 is 0 Å². The van der Waals surface area contributed by atoms with Gasteiger partial charge in [0.15, 0.2) is 0 Å². The number of hydrogen-bond donors (Lipinski definition) is 1. The van der Waals surface area contributed by atoms with Crippen molar-refractivity contribution in [3.63, 3.8) is 0 Å². The molecule has 1 aliphatic rings. The Bertz CT molecular complexity index is 427. The van der Waals surface area contributed by atoms with Gasteiger partial charge in [-0.3, -0.25) is 9.59 Å². The SMILES string of the molecule is Nc1ncccc1C(=O)N1CCN(C=O)CC1. The molecule has 0 bridgehead atoms. The second-order valence-corrected chi connectivity index (χ2v) is 3.87. The van der Waals surface area contributed by atoms with Gasteiger partial charge in [0, 0.05) is 32.4 Å². The summed E-state index contributed by atoms with van der Waals surface area (Å²) in [5.74, 6) is 0.122. The molecule has 2 amide bonds. The smallest absolute Gasteiger partial charge is 0.257 e. The van der Waals surface area contributed by atoms with Crippen LogP contribution in [0.1, 0.15) is 10.4 Å².